The molecule has 6 heteroatoms. The maximum Gasteiger partial charge on any atom is 0.165 e. The van der Waals surface area contributed by atoms with Gasteiger partial charge in [-0.05, 0) is 32.4 Å². The zero-order valence-electron chi connectivity index (χ0n) is 15.6. The zero-order valence-corrected chi connectivity index (χ0v) is 15.6. The molecule has 0 unspecified atom stereocenters. The van der Waals surface area contributed by atoms with Crippen LogP contribution in [0.15, 0.2) is 18.2 Å². The first-order chi connectivity index (χ1) is 11.9. The fourth-order valence-corrected chi connectivity index (χ4v) is 1.95. The Balaban J connectivity index is 2.12. The van der Waals surface area contributed by atoms with Crippen molar-refractivity contribution in [1.82, 2.24) is 0 Å². The molecule has 0 bridgehead atoms. The highest BCUT2D eigenvalue weighted by Crippen LogP contribution is 2.22. The first-order valence-corrected chi connectivity index (χ1v) is 8.77. The predicted molar refractivity (Wildman–Crippen MR) is 96.8 cm³/mol. The number of anilines is 1. The average Bonchev–Trinajstić information content (AvgIpc) is 2.55. The lowest BCUT2D eigenvalue weighted by Crippen LogP contribution is -2.16. The third kappa shape index (κ3) is 9.41. The van der Waals surface area contributed by atoms with Crippen LogP contribution in [0.2, 0.25) is 0 Å². The summed E-state index contributed by atoms with van der Waals surface area (Å²) < 4.78 is 29.8. The van der Waals surface area contributed by atoms with E-state index in [1.165, 1.54) is 6.07 Å². The molecule has 0 spiro atoms. The number of ketones is 1. The van der Waals surface area contributed by atoms with Gasteiger partial charge in [0.25, 0.3) is 0 Å². The molecule has 25 heavy (non-hydrogen) atoms. The second kappa shape index (κ2) is 11.8. The molecule has 0 aromatic heterocycles. The van der Waals surface area contributed by atoms with Crippen LogP contribution in [0.5, 0.6) is 5.75 Å². The molecule has 0 fully saturated rings. The Morgan fingerprint density at radius 1 is 1.08 bits per heavy atom. The highest BCUT2D eigenvalue weighted by molar-refractivity contribution is 5.81. The number of Topliss-reactive ketones (excluding diaryl/α,β-unsaturated/α-hetero) is 1. The lowest BCUT2D eigenvalue weighted by atomic mass is 10.1. The molecule has 0 saturated heterocycles. The van der Waals surface area contributed by atoms with Gasteiger partial charge in [-0.3, -0.25) is 4.79 Å². The number of ether oxygens (including phenoxy) is 3. The summed E-state index contributed by atoms with van der Waals surface area (Å²) in [7, 11) is 0. The van der Waals surface area contributed by atoms with Crippen LogP contribution in [0.25, 0.3) is 0 Å². The van der Waals surface area contributed by atoms with Crippen molar-refractivity contribution in [2.75, 3.05) is 38.4 Å². The van der Waals surface area contributed by atoms with Crippen LogP contribution >= 0.6 is 0 Å². The summed E-state index contributed by atoms with van der Waals surface area (Å²) >= 11 is 0. The molecule has 0 atom stereocenters. The van der Waals surface area contributed by atoms with E-state index in [0.29, 0.717) is 26.2 Å². The van der Waals surface area contributed by atoms with Crippen molar-refractivity contribution in [3.8, 4) is 5.75 Å². The molecule has 1 aromatic rings. The molecule has 0 saturated carbocycles. The first kappa shape index (κ1) is 21.4. The van der Waals surface area contributed by atoms with Crippen LogP contribution in [0, 0.1) is 11.7 Å². The van der Waals surface area contributed by atoms with Gasteiger partial charge in [0.05, 0.1) is 6.61 Å². The van der Waals surface area contributed by atoms with E-state index in [9.17, 15) is 9.18 Å². The normalized spacial score (nSPS) is 11.2. The minimum absolute atomic E-state index is 0.00281. The second-order valence-corrected chi connectivity index (χ2v) is 6.43. The quantitative estimate of drug-likeness (QED) is 0.547. The largest absolute Gasteiger partial charge is 0.488 e. The van der Waals surface area contributed by atoms with Crippen molar-refractivity contribution in [3.05, 3.63) is 24.0 Å². The summed E-state index contributed by atoms with van der Waals surface area (Å²) in [5.41, 5.74) is 0.820. The maximum atomic E-state index is 13.7. The van der Waals surface area contributed by atoms with E-state index in [0.717, 1.165) is 5.69 Å². The van der Waals surface area contributed by atoms with Crippen molar-refractivity contribution >= 4 is 11.5 Å². The van der Waals surface area contributed by atoms with E-state index in [2.05, 4.69) is 5.32 Å². The molecule has 0 amide bonds. The summed E-state index contributed by atoms with van der Waals surface area (Å²) in [5.74, 6) is -0.0733. The van der Waals surface area contributed by atoms with E-state index in [1.807, 2.05) is 27.7 Å². The van der Waals surface area contributed by atoms with Crippen LogP contribution in [0.4, 0.5) is 10.1 Å². The molecule has 1 N–H and O–H groups in total. The van der Waals surface area contributed by atoms with Crippen LogP contribution < -0.4 is 10.1 Å². The predicted octanol–water partition coefficient (Wildman–Crippen LogP) is 3.67. The molecule has 1 rings (SSSR count). The Morgan fingerprint density at radius 2 is 1.80 bits per heavy atom. The van der Waals surface area contributed by atoms with Crippen molar-refractivity contribution in [3.63, 3.8) is 0 Å². The van der Waals surface area contributed by atoms with Crippen molar-refractivity contribution < 1.29 is 23.4 Å². The van der Waals surface area contributed by atoms with Gasteiger partial charge in [0, 0.05) is 36.9 Å². The highest BCUT2D eigenvalue weighted by Gasteiger charge is 2.07. The van der Waals surface area contributed by atoms with Gasteiger partial charge < -0.3 is 19.5 Å². The maximum absolute atomic E-state index is 13.7. The summed E-state index contributed by atoms with van der Waals surface area (Å²) in [6.07, 6.45) is 0.702. The lowest BCUT2D eigenvalue weighted by Gasteiger charge is -2.13. The molecule has 1 aromatic carbocycles. The van der Waals surface area contributed by atoms with Gasteiger partial charge in [-0.2, -0.15) is 0 Å². The number of carbonyl (C=O) groups excluding carboxylic acids is 1. The highest BCUT2D eigenvalue weighted by atomic mass is 19.1. The average molecular weight is 355 g/mol. The van der Waals surface area contributed by atoms with E-state index in [4.69, 9.17) is 14.2 Å². The molecule has 142 valence electrons. The Bertz CT molecular complexity index is 520. The van der Waals surface area contributed by atoms with Gasteiger partial charge in [-0.1, -0.05) is 13.8 Å². The van der Waals surface area contributed by atoms with Gasteiger partial charge in [0.1, 0.15) is 13.2 Å². The molecular formula is C19H30FNO4. The Kier molecular flexibility index (Phi) is 10.1. The molecule has 5 nitrogen and oxygen atoms in total. The summed E-state index contributed by atoms with van der Waals surface area (Å²) in [5, 5.41) is 3.20. The van der Waals surface area contributed by atoms with Crippen molar-refractivity contribution in [1.29, 1.82) is 0 Å². The second-order valence-electron chi connectivity index (χ2n) is 6.43. The number of hydrogen-bond acceptors (Lipinski definition) is 5. The summed E-state index contributed by atoms with van der Waals surface area (Å²) in [6, 6.07) is 4.98. The third-order valence-corrected chi connectivity index (χ3v) is 3.34. The fourth-order valence-electron chi connectivity index (χ4n) is 1.95. The number of benzene rings is 1. The van der Waals surface area contributed by atoms with Crippen LogP contribution in [-0.4, -0.2) is 44.9 Å². The topological polar surface area (TPSA) is 56.8 Å². The number of hydrogen-bond donors (Lipinski definition) is 1. The van der Waals surface area contributed by atoms with Gasteiger partial charge in [-0.25, -0.2) is 4.39 Å². The summed E-state index contributed by atoms with van der Waals surface area (Å²) in [4.78, 5) is 11.4. The number of halogens is 1. The van der Waals surface area contributed by atoms with Gasteiger partial charge in [0.15, 0.2) is 17.3 Å². The molecular weight excluding hydrogens is 325 g/mol. The first-order valence-electron chi connectivity index (χ1n) is 8.77. The van der Waals surface area contributed by atoms with Crippen molar-refractivity contribution in [2.24, 2.45) is 5.92 Å². The standard InChI is InChI=1S/C19H30FNO4/c1-14(2)18(22)13-24-9-5-8-23-10-11-25-19-12-16(21-15(3)4)6-7-17(19)20/h6-7,12,14-15,21H,5,8-11,13H2,1-4H3. The SMILES string of the molecule is CC(C)Nc1ccc(F)c(OCCOCCCOCC(=O)C(C)C)c1. The van der Waals surface area contributed by atoms with Crippen LogP contribution in [0.1, 0.15) is 34.1 Å². The Labute approximate surface area is 149 Å². The lowest BCUT2D eigenvalue weighted by molar-refractivity contribution is -0.126. The zero-order chi connectivity index (χ0) is 18.7. The monoisotopic (exact) mass is 355 g/mol. The molecule has 0 aliphatic rings. The summed E-state index contributed by atoms with van der Waals surface area (Å²) in [6.45, 7) is 9.52. The van der Waals surface area contributed by atoms with Gasteiger partial charge >= 0.3 is 0 Å². The third-order valence-electron chi connectivity index (χ3n) is 3.34. The number of rotatable bonds is 13. The molecule has 0 radical (unpaired) electrons. The minimum atomic E-state index is -0.391. The minimum Gasteiger partial charge on any atom is -0.488 e. The van der Waals surface area contributed by atoms with E-state index >= 15 is 0 Å². The van der Waals surface area contributed by atoms with Gasteiger partial charge in [0.2, 0.25) is 0 Å². The number of carbonyl (C=O) groups is 1. The molecule has 0 aliphatic heterocycles. The Hall–Kier alpha value is -1.66. The molecule has 0 heterocycles. The van der Waals surface area contributed by atoms with Crippen LogP contribution in [0.3, 0.4) is 0 Å². The van der Waals surface area contributed by atoms with E-state index < -0.39 is 5.82 Å². The van der Waals surface area contributed by atoms with E-state index in [-0.39, 0.29) is 36.7 Å². The number of nitrogens with one attached hydrogen (secondary N) is 1. The van der Waals surface area contributed by atoms with Crippen LogP contribution in [-0.2, 0) is 14.3 Å². The smallest absolute Gasteiger partial charge is 0.165 e. The van der Waals surface area contributed by atoms with Gasteiger partial charge in [-0.15, -0.1) is 0 Å². The van der Waals surface area contributed by atoms with Crippen molar-refractivity contribution in [2.45, 2.75) is 40.2 Å². The fraction of sp³-hybridized carbons (Fsp3) is 0.632. The van der Waals surface area contributed by atoms with E-state index in [1.54, 1.807) is 12.1 Å². The molecule has 0 aliphatic carbocycles. The Morgan fingerprint density at radius 3 is 2.48 bits per heavy atom.